The van der Waals surface area contributed by atoms with Gasteiger partial charge in [0, 0.05) is 17.6 Å². The van der Waals surface area contributed by atoms with E-state index < -0.39 is 0 Å². The molecule has 0 atom stereocenters. The predicted octanol–water partition coefficient (Wildman–Crippen LogP) is 1.81. The Morgan fingerprint density at radius 1 is 1.40 bits per heavy atom. The van der Waals surface area contributed by atoms with Gasteiger partial charge in [0.1, 0.15) is 5.82 Å². The molecule has 0 aliphatic carbocycles. The number of carbonyl (C=O) groups is 1. The zero-order valence-electron chi connectivity index (χ0n) is 11.9. The minimum atomic E-state index is -0.342. The minimum Gasteiger partial charge on any atom is -0.326 e. The van der Waals surface area contributed by atoms with E-state index in [4.69, 9.17) is 5.73 Å². The van der Waals surface area contributed by atoms with E-state index in [9.17, 15) is 4.79 Å². The second kappa shape index (κ2) is 5.42. The highest BCUT2D eigenvalue weighted by Gasteiger charge is 2.21. The number of hydrogen-bond donors (Lipinski definition) is 3. The van der Waals surface area contributed by atoms with E-state index in [0.717, 1.165) is 5.56 Å². The third-order valence-electron chi connectivity index (χ3n) is 2.82. The van der Waals surface area contributed by atoms with Crippen LogP contribution in [0.3, 0.4) is 0 Å². The largest absolute Gasteiger partial charge is 0.326 e. The molecule has 0 unspecified atom stereocenters. The Labute approximate surface area is 117 Å². The quantitative estimate of drug-likeness (QED) is 0.794. The van der Waals surface area contributed by atoms with Crippen LogP contribution in [0.15, 0.2) is 24.3 Å². The molecule has 0 bridgehead atoms. The van der Waals surface area contributed by atoms with Gasteiger partial charge in [-0.25, -0.2) is 4.98 Å². The van der Waals surface area contributed by atoms with Crippen LogP contribution in [0.25, 0.3) is 0 Å². The van der Waals surface area contributed by atoms with Crippen LogP contribution in [0.2, 0.25) is 0 Å². The summed E-state index contributed by atoms with van der Waals surface area (Å²) in [5.41, 5.74) is 7.03. The maximum Gasteiger partial charge on any atom is 0.295 e. The molecule has 0 fully saturated rings. The molecule has 0 aliphatic rings. The molecule has 0 saturated heterocycles. The van der Waals surface area contributed by atoms with Crippen LogP contribution in [0, 0.1) is 0 Å². The first-order valence-electron chi connectivity index (χ1n) is 6.43. The molecule has 1 amide bonds. The summed E-state index contributed by atoms with van der Waals surface area (Å²) in [4.78, 5) is 16.3. The molecule has 1 aromatic heterocycles. The summed E-state index contributed by atoms with van der Waals surface area (Å²) >= 11 is 0. The van der Waals surface area contributed by atoms with E-state index in [0.29, 0.717) is 18.1 Å². The van der Waals surface area contributed by atoms with Crippen molar-refractivity contribution in [3.63, 3.8) is 0 Å². The van der Waals surface area contributed by atoms with Crippen LogP contribution in [0.1, 0.15) is 42.8 Å². The van der Waals surface area contributed by atoms with Gasteiger partial charge in [0.25, 0.3) is 5.91 Å². The highest BCUT2D eigenvalue weighted by Crippen LogP contribution is 2.17. The van der Waals surface area contributed by atoms with Gasteiger partial charge in [0.05, 0.1) is 0 Å². The molecule has 2 aromatic rings. The summed E-state index contributed by atoms with van der Waals surface area (Å²) in [6, 6.07) is 7.38. The Kier molecular flexibility index (Phi) is 3.85. The third-order valence-corrected chi connectivity index (χ3v) is 2.82. The summed E-state index contributed by atoms with van der Waals surface area (Å²) in [6.45, 7) is 6.43. The Bertz CT molecular complexity index is 612. The van der Waals surface area contributed by atoms with Crippen LogP contribution in [0.5, 0.6) is 0 Å². The molecule has 6 heteroatoms. The molecule has 0 radical (unpaired) electrons. The zero-order valence-corrected chi connectivity index (χ0v) is 11.9. The van der Waals surface area contributed by atoms with E-state index in [1.54, 1.807) is 6.07 Å². The number of rotatable bonds is 3. The van der Waals surface area contributed by atoms with Gasteiger partial charge in [0.15, 0.2) is 0 Å². The molecule has 20 heavy (non-hydrogen) atoms. The summed E-state index contributed by atoms with van der Waals surface area (Å²) in [7, 11) is 0. The topological polar surface area (TPSA) is 96.7 Å². The lowest BCUT2D eigenvalue weighted by molar-refractivity contribution is 0.101. The molecular weight excluding hydrogens is 254 g/mol. The first-order valence-corrected chi connectivity index (χ1v) is 6.43. The summed E-state index contributed by atoms with van der Waals surface area (Å²) in [5, 5.41) is 9.50. The monoisotopic (exact) mass is 273 g/mol. The fraction of sp³-hybridized carbons (Fsp3) is 0.357. The highest BCUT2D eigenvalue weighted by molar-refractivity contribution is 6.01. The van der Waals surface area contributed by atoms with Crippen LogP contribution < -0.4 is 11.1 Å². The van der Waals surface area contributed by atoms with Crippen molar-refractivity contribution in [1.82, 2.24) is 15.2 Å². The lowest BCUT2D eigenvalue weighted by Gasteiger charge is -2.12. The van der Waals surface area contributed by atoms with Crippen LogP contribution in [-0.4, -0.2) is 21.1 Å². The van der Waals surface area contributed by atoms with Gasteiger partial charge in [-0.1, -0.05) is 32.9 Å². The first-order chi connectivity index (χ1) is 9.40. The van der Waals surface area contributed by atoms with Crippen LogP contribution in [-0.2, 0) is 12.0 Å². The predicted molar refractivity (Wildman–Crippen MR) is 77.4 cm³/mol. The fourth-order valence-electron chi connectivity index (χ4n) is 1.66. The third kappa shape index (κ3) is 3.21. The molecule has 6 nitrogen and oxygen atoms in total. The van der Waals surface area contributed by atoms with Gasteiger partial charge in [-0.3, -0.25) is 9.89 Å². The van der Waals surface area contributed by atoms with E-state index in [1.807, 2.05) is 39.0 Å². The Morgan fingerprint density at radius 3 is 2.75 bits per heavy atom. The number of hydrogen-bond acceptors (Lipinski definition) is 4. The number of carbonyl (C=O) groups excluding carboxylic acids is 1. The summed E-state index contributed by atoms with van der Waals surface area (Å²) in [5.74, 6) is 0.470. The number of nitrogens with one attached hydrogen (secondary N) is 2. The average Bonchev–Trinajstić information content (AvgIpc) is 2.88. The molecule has 1 aromatic carbocycles. The van der Waals surface area contributed by atoms with Gasteiger partial charge in [-0.15, -0.1) is 5.10 Å². The highest BCUT2D eigenvalue weighted by atomic mass is 16.2. The van der Waals surface area contributed by atoms with Gasteiger partial charge in [0.2, 0.25) is 5.82 Å². The Morgan fingerprint density at radius 2 is 2.15 bits per heavy atom. The number of benzene rings is 1. The molecule has 0 spiro atoms. The van der Waals surface area contributed by atoms with Crippen molar-refractivity contribution in [3.05, 3.63) is 41.5 Å². The Balaban J connectivity index is 2.13. The van der Waals surface area contributed by atoms with Crippen molar-refractivity contribution < 1.29 is 4.79 Å². The number of H-pyrrole nitrogens is 1. The Hall–Kier alpha value is -2.21. The zero-order chi connectivity index (χ0) is 14.8. The number of nitrogens with zero attached hydrogens (tertiary/aromatic N) is 2. The molecule has 106 valence electrons. The SMILES string of the molecule is CC(C)(C)c1nc(C(=O)Nc2cccc(CN)c2)n[nH]1. The number of aromatic nitrogens is 3. The second-order valence-corrected chi connectivity index (χ2v) is 5.62. The number of nitrogens with two attached hydrogens (primary N) is 1. The van der Waals surface area contributed by atoms with E-state index in [-0.39, 0.29) is 17.1 Å². The average molecular weight is 273 g/mol. The van der Waals surface area contributed by atoms with E-state index in [1.165, 1.54) is 0 Å². The lowest BCUT2D eigenvalue weighted by atomic mass is 9.96. The van der Waals surface area contributed by atoms with E-state index in [2.05, 4.69) is 20.5 Å². The van der Waals surface area contributed by atoms with Crippen LogP contribution in [0.4, 0.5) is 5.69 Å². The van der Waals surface area contributed by atoms with Gasteiger partial charge in [-0.05, 0) is 17.7 Å². The van der Waals surface area contributed by atoms with Gasteiger partial charge in [-0.2, -0.15) is 0 Å². The molecular formula is C14H19N5O. The van der Waals surface area contributed by atoms with Crippen molar-refractivity contribution in [2.45, 2.75) is 32.7 Å². The maximum atomic E-state index is 12.1. The molecule has 2 rings (SSSR count). The molecule has 0 saturated carbocycles. The van der Waals surface area contributed by atoms with Crippen molar-refractivity contribution >= 4 is 11.6 Å². The number of anilines is 1. The molecule has 4 N–H and O–H groups in total. The normalized spacial score (nSPS) is 11.4. The first kappa shape index (κ1) is 14.2. The number of aromatic amines is 1. The van der Waals surface area contributed by atoms with Crippen LogP contribution >= 0.6 is 0 Å². The van der Waals surface area contributed by atoms with Crippen molar-refractivity contribution in [2.24, 2.45) is 5.73 Å². The summed E-state index contributed by atoms with van der Waals surface area (Å²) in [6.07, 6.45) is 0. The van der Waals surface area contributed by atoms with Gasteiger partial charge >= 0.3 is 0 Å². The van der Waals surface area contributed by atoms with Gasteiger partial charge < -0.3 is 11.1 Å². The minimum absolute atomic E-state index is 0.132. The number of amides is 1. The van der Waals surface area contributed by atoms with Crippen molar-refractivity contribution in [2.75, 3.05) is 5.32 Å². The molecule has 1 heterocycles. The fourth-order valence-corrected chi connectivity index (χ4v) is 1.66. The maximum absolute atomic E-state index is 12.1. The lowest BCUT2D eigenvalue weighted by Crippen LogP contribution is -2.16. The van der Waals surface area contributed by atoms with Crippen molar-refractivity contribution in [1.29, 1.82) is 0 Å². The van der Waals surface area contributed by atoms with Crippen molar-refractivity contribution in [3.8, 4) is 0 Å². The van der Waals surface area contributed by atoms with E-state index >= 15 is 0 Å². The summed E-state index contributed by atoms with van der Waals surface area (Å²) < 4.78 is 0. The smallest absolute Gasteiger partial charge is 0.295 e. The molecule has 0 aliphatic heterocycles. The standard InChI is InChI=1S/C14H19N5O/c1-14(2,3)13-17-11(18-19-13)12(20)16-10-6-4-5-9(7-10)8-15/h4-7H,8,15H2,1-3H3,(H,16,20)(H,17,18,19). The second-order valence-electron chi connectivity index (χ2n) is 5.62.